The zero-order chi connectivity index (χ0) is 23.7. The number of carbonyl (C=O) groups excluding carboxylic acids is 4. The Labute approximate surface area is 190 Å². The molecule has 166 valence electrons. The minimum absolute atomic E-state index is 0.135. The van der Waals surface area contributed by atoms with Crippen molar-refractivity contribution >= 4 is 35.6 Å². The highest BCUT2D eigenvalue weighted by Crippen LogP contribution is 2.26. The summed E-state index contributed by atoms with van der Waals surface area (Å²) in [5.41, 5.74) is 3.40. The first-order valence-corrected chi connectivity index (χ1v) is 10.2. The molecule has 33 heavy (non-hydrogen) atoms. The smallest absolute Gasteiger partial charge is 0.335 e. The molecule has 2 heterocycles. The number of barbiturate groups is 1. The van der Waals surface area contributed by atoms with E-state index in [4.69, 9.17) is 4.74 Å². The fraction of sp³-hybridized carbons (Fsp3) is 0.120. The van der Waals surface area contributed by atoms with Gasteiger partial charge in [-0.1, -0.05) is 18.2 Å². The quantitative estimate of drug-likeness (QED) is 0.287. The average molecular weight is 443 g/mol. The largest absolute Gasteiger partial charge is 0.427 e. The van der Waals surface area contributed by atoms with E-state index >= 15 is 0 Å². The SMILES string of the molecule is CC(=O)Oc1ccc(-n2c(C)cc(/C=C3/C(=O)NC(=O)N(c4ccccc4)C3=O)c2C)cc1. The van der Waals surface area contributed by atoms with Crippen LogP contribution in [0.4, 0.5) is 10.5 Å². The topological polar surface area (TPSA) is 97.7 Å². The monoisotopic (exact) mass is 443 g/mol. The van der Waals surface area contributed by atoms with Crippen LogP contribution in [0.3, 0.4) is 0 Å². The Morgan fingerprint density at radius 1 is 0.939 bits per heavy atom. The van der Waals surface area contributed by atoms with Crippen LogP contribution in [0, 0.1) is 13.8 Å². The molecule has 8 nitrogen and oxygen atoms in total. The van der Waals surface area contributed by atoms with Crippen molar-refractivity contribution in [3.8, 4) is 11.4 Å². The van der Waals surface area contributed by atoms with E-state index in [0.717, 1.165) is 22.0 Å². The number of aromatic nitrogens is 1. The first kappa shape index (κ1) is 21.8. The van der Waals surface area contributed by atoms with Crippen molar-refractivity contribution in [2.24, 2.45) is 0 Å². The fourth-order valence-electron chi connectivity index (χ4n) is 3.78. The highest BCUT2D eigenvalue weighted by Gasteiger charge is 2.36. The van der Waals surface area contributed by atoms with Gasteiger partial charge in [0.25, 0.3) is 11.8 Å². The molecule has 0 radical (unpaired) electrons. The average Bonchev–Trinajstić information content (AvgIpc) is 3.05. The Morgan fingerprint density at radius 3 is 2.24 bits per heavy atom. The first-order chi connectivity index (χ1) is 15.8. The summed E-state index contributed by atoms with van der Waals surface area (Å²) in [6, 6.07) is 16.5. The predicted molar refractivity (Wildman–Crippen MR) is 122 cm³/mol. The van der Waals surface area contributed by atoms with Crippen molar-refractivity contribution in [1.29, 1.82) is 0 Å². The van der Waals surface area contributed by atoms with Gasteiger partial charge in [-0.2, -0.15) is 0 Å². The number of ether oxygens (including phenoxy) is 1. The van der Waals surface area contributed by atoms with Crippen molar-refractivity contribution in [2.45, 2.75) is 20.8 Å². The van der Waals surface area contributed by atoms with Crippen LogP contribution in [0.25, 0.3) is 11.8 Å². The molecular weight excluding hydrogens is 422 g/mol. The number of hydrogen-bond donors (Lipinski definition) is 1. The number of amides is 4. The second-order valence-corrected chi connectivity index (χ2v) is 7.54. The van der Waals surface area contributed by atoms with E-state index in [1.165, 1.54) is 13.0 Å². The number of para-hydroxylation sites is 1. The van der Waals surface area contributed by atoms with Gasteiger partial charge in [0.15, 0.2) is 0 Å². The maximum atomic E-state index is 13.1. The number of nitrogens with zero attached hydrogens (tertiary/aromatic N) is 2. The van der Waals surface area contributed by atoms with Gasteiger partial charge in [0, 0.05) is 24.0 Å². The van der Waals surface area contributed by atoms with Crippen molar-refractivity contribution in [3.05, 3.63) is 83.2 Å². The van der Waals surface area contributed by atoms with Crippen LogP contribution < -0.4 is 15.0 Å². The molecule has 1 saturated heterocycles. The normalized spacial score (nSPS) is 15.1. The molecule has 0 spiro atoms. The standard InChI is InChI=1S/C25H21N3O5/c1-15-13-18(16(2)27(15)20-9-11-21(12-10-20)33-17(3)29)14-22-23(30)26-25(32)28(24(22)31)19-7-5-4-6-8-19/h4-14H,1-3H3,(H,26,30,32)/b22-14-. The molecule has 1 N–H and O–H groups in total. The number of anilines is 1. The number of aryl methyl sites for hydroxylation is 1. The number of rotatable bonds is 4. The van der Waals surface area contributed by atoms with Gasteiger partial charge in [-0.25, -0.2) is 9.69 Å². The molecule has 0 atom stereocenters. The van der Waals surface area contributed by atoms with Crippen LogP contribution in [-0.4, -0.2) is 28.4 Å². The maximum absolute atomic E-state index is 13.1. The number of hydrogen-bond acceptors (Lipinski definition) is 5. The van der Waals surface area contributed by atoms with E-state index in [1.807, 2.05) is 36.6 Å². The lowest BCUT2D eigenvalue weighted by atomic mass is 10.1. The third kappa shape index (κ3) is 4.18. The molecule has 0 aliphatic carbocycles. The lowest BCUT2D eigenvalue weighted by Gasteiger charge is -2.26. The maximum Gasteiger partial charge on any atom is 0.335 e. The van der Waals surface area contributed by atoms with E-state index in [0.29, 0.717) is 17.0 Å². The Balaban J connectivity index is 1.70. The first-order valence-electron chi connectivity index (χ1n) is 10.2. The van der Waals surface area contributed by atoms with Gasteiger partial charge in [-0.15, -0.1) is 0 Å². The van der Waals surface area contributed by atoms with E-state index in [-0.39, 0.29) is 5.57 Å². The third-order valence-electron chi connectivity index (χ3n) is 5.24. The number of carbonyl (C=O) groups is 4. The lowest BCUT2D eigenvalue weighted by molar-refractivity contribution is -0.132. The fourth-order valence-corrected chi connectivity index (χ4v) is 3.78. The summed E-state index contributed by atoms with van der Waals surface area (Å²) >= 11 is 0. The summed E-state index contributed by atoms with van der Waals surface area (Å²) in [5.74, 6) is -1.40. The van der Waals surface area contributed by atoms with Crippen LogP contribution in [0.15, 0.2) is 66.2 Å². The Kier molecular flexibility index (Phi) is 5.66. The third-order valence-corrected chi connectivity index (χ3v) is 5.24. The van der Waals surface area contributed by atoms with Gasteiger partial charge in [-0.3, -0.25) is 19.7 Å². The molecular formula is C25H21N3O5. The van der Waals surface area contributed by atoms with Gasteiger partial charge in [-0.05, 0) is 68.0 Å². The molecule has 4 rings (SSSR count). The molecule has 2 aromatic carbocycles. The highest BCUT2D eigenvalue weighted by molar-refractivity contribution is 6.39. The summed E-state index contributed by atoms with van der Waals surface area (Å²) in [4.78, 5) is 50.0. The van der Waals surface area contributed by atoms with Crippen LogP contribution in [-0.2, 0) is 14.4 Å². The number of benzene rings is 2. The Bertz CT molecular complexity index is 1300. The van der Waals surface area contributed by atoms with E-state index in [1.54, 1.807) is 42.5 Å². The summed E-state index contributed by atoms with van der Waals surface area (Å²) in [6.45, 7) is 5.10. The van der Waals surface area contributed by atoms with E-state index in [2.05, 4.69) is 5.32 Å². The molecule has 1 aromatic heterocycles. The van der Waals surface area contributed by atoms with Gasteiger partial charge in [0.05, 0.1) is 5.69 Å². The van der Waals surface area contributed by atoms with Crippen LogP contribution in [0.2, 0.25) is 0 Å². The lowest BCUT2D eigenvalue weighted by Crippen LogP contribution is -2.54. The summed E-state index contributed by atoms with van der Waals surface area (Å²) in [7, 11) is 0. The molecule has 0 bridgehead atoms. The molecule has 1 fully saturated rings. The van der Waals surface area contributed by atoms with Gasteiger partial charge in [0.2, 0.25) is 0 Å². The van der Waals surface area contributed by atoms with Crippen LogP contribution >= 0.6 is 0 Å². The molecule has 4 amide bonds. The number of imide groups is 2. The van der Waals surface area contributed by atoms with Gasteiger partial charge >= 0.3 is 12.0 Å². The second kappa shape index (κ2) is 8.58. The molecule has 3 aromatic rings. The number of esters is 1. The highest BCUT2D eigenvalue weighted by atomic mass is 16.5. The molecule has 0 saturated carbocycles. The van der Waals surface area contributed by atoms with Crippen LogP contribution in [0.1, 0.15) is 23.9 Å². The molecule has 8 heteroatoms. The Morgan fingerprint density at radius 2 is 1.61 bits per heavy atom. The van der Waals surface area contributed by atoms with Crippen LogP contribution in [0.5, 0.6) is 5.75 Å². The van der Waals surface area contributed by atoms with Gasteiger partial charge in [0.1, 0.15) is 11.3 Å². The van der Waals surface area contributed by atoms with Crippen molar-refractivity contribution in [2.75, 3.05) is 4.90 Å². The van der Waals surface area contributed by atoms with Crippen molar-refractivity contribution in [3.63, 3.8) is 0 Å². The predicted octanol–water partition coefficient (Wildman–Crippen LogP) is 3.69. The van der Waals surface area contributed by atoms with Gasteiger partial charge < -0.3 is 9.30 Å². The number of urea groups is 1. The van der Waals surface area contributed by atoms with Crippen molar-refractivity contribution < 1.29 is 23.9 Å². The van der Waals surface area contributed by atoms with Crippen molar-refractivity contribution in [1.82, 2.24) is 9.88 Å². The zero-order valence-corrected chi connectivity index (χ0v) is 18.3. The minimum atomic E-state index is -0.785. The molecule has 0 unspecified atom stereocenters. The van der Waals surface area contributed by atoms with E-state index < -0.39 is 23.8 Å². The summed E-state index contributed by atoms with van der Waals surface area (Å²) < 4.78 is 7.03. The molecule has 1 aliphatic heterocycles. The van der Waals surface area contributed by atoms with E-state index in [9.17, 15) is 19.2 Å². The summed E-state index contributed by atoms with van der Waals surface area (Å²) in [6.07, 6.45) is 1.49. The Hall–Kier alpha value is -4.46. The minimum Gasteiger partial charge on any atom is -0.427 e. The zero-order valence-electron chi connectivity index (χ0n) is 18.3. The number of nitrogens with one attached hydrogen (secondary N) is 1. The summed E-state index contributed by atoms with van der Waals surface area (Å²) in [5, 5.41) is 2.23. The molecule has 1 aliphatic rings. The second-order valence-electron chi connectivity index (χ2n) is 7.54.